The maximum Gasteiger partial charge on any atom is 0.195 e. The number of aromatic hydroxyl groups is 1. The van der Waals surface area contributed by atoms with Crippen LogP contribution in [0.5, 0.6) is 5.75 Å². The number of rotatable bonds is 3. The number of aliphatic hydroxyl groups excluding tert-OH is 1. The summed E-state index contributed by atoms with van der Waals surface area (Å²) in [5.41, 5.74) is 1.18. The SMILES string of the molecule is OCC1CCCN1c1nnc(-c2ccc(Cl)cc2O)n2ccnc12. The molecule has 3 heterocycles. The lowest BCUT2D eigenvalue weighted by atomic mass is 10.2. The normalized spacial score (nSPS) is 17.8. The third-order valence-corrected chi connectivity index (χ3v) is 4.60. The first-order chi connectivity index (χ1) is 11.7. The zero-order valence-electron chi connectivity index (χ0n) is 12.8. The Bertz CT molecular complexity index is 897. The summed E-state index contributed by atoms with van der Waals surface area (Å²) >= 11 is 5.90. The smallest absolute Gasteiger partial charge is 0.195 e. The fraction of sp³-hybridized carbons (Fsp3) is 0.312. The minimum Gasteiger partial charge on any atom is -0.507 e. The molecule has 24 heavy (non-hydrogen) atoms. The van der Waals surface area contributed by atoms with Gasteiger partial charge >= 0.3 is 0 Å². The Morgan fingerprint density at radius 3 is 2.96 bits per heavy atom. The molecular formula is C16H16ClN5O2. The Balaban J connectivity index is 1.86. The van der Waals surface area contributed by atoms with E-state index in [9.17, 15) is 10.2 Å². The van der Waals surface area contributed by atoms with Crippen LogP contribution in [0.3, 0.4) is 0 Å². The quantitative estimate of drug-likeness (QED) is 0.756. The molecule has 1 atom stereocenters. The Morgan fingerprint density at radius 2 is 2.17 bits per heavy atom. The Hall–Kier alpha value is -2.38. The van der Waals surface area contributed by atoms with Gasteiger partial charge < -0.3 is 15.1 Å². The highest BCUT2D eigenvalue weighted by Crippen LogP contribution is 2.33. The molecule has 1 fully saturated rings. The van der Waals surface area contributed by atoms with Crippen LogP contribution < -0.4 is 4.90 Å². The van der Waals surface area contributed by atoms with Crippen LogP contribution in [0.15, 0.2) is 30.6 Å². The molecule has 0 amide bonds. The molecule has 3 aromatic rings. The fourth-order valence-electron chi connectivity index (χ4n) is 3.20. The van der Waals surface area contributed by atoms with Crippen molar-refractivity contribution in [3.63, 3.8) is 0 Å². The lowest BCUT2D eigenvalue weighted by Crippen LogP contribution is -2.33. The molecule has 8 heteroatoms. The average Bonchev–Trinajstić information content (AvgIpc) is 3.23. The van der Waals surface area contributed by atoms with Gasteiger partial charge in [-0.25, -0.2) is 4.98 Å². The zero-order chi connectivity index (χ0) is 16.7. The predicted octanol–water partition coefficient (Wildman–Crippen LogP) is 2.11. The molecule has 1 unspecified atom stereocenters. The molecule has 124 valence electrons. The molecule has 0 aliphatic carbocycles. The van der Waals surface area contributed by atoms with Gasteiger partial charge in [0.2, 0.25) is 0 Å². The predicted molar refractivity (Wildman–Crippen MR) is 90.3 cm³/mol. The lowest BCUT2D eigenvalue weighted by molar-refractivity contribution is 0.266. The van der Waals surface area contributed by atoms with Crippen LogP contribution in [-0.2, 0) is 0 Å². The number of halogens is 1. The van der Waals surface area contributed by atoms with E-state index in [-0.39, 0.29) is 18.4 Å². The molecule has 1 aliphatic rings. The van der Waals surface area contributed by atoms with Gasteiger partial charge in [0, 0.05) is 24.0 Å². The van der Waals surface area contributed by atoms with Gasteiger partial charge in [-0.3, -0.25) is 4.40 Å². The first-order valence-corrected chi connectivity index (χ1v) is 8.13. The van der Waals surface area contributed by atoms with Crippen molar-refractivity contribution >= 4 is 23.1 Å². The standard InChI is InChI=1S/C16H16ClN5O2/c17-10-3-4-12(13(24)8-10)14-19-20-16(15-18-5-7-22(14)15)21-6-1-2-11(21)9-23/h3-5,7-8,11,23-24H,1-2,6,9H2. The van der Waals surface area contributed by atoms with Gasteiger partial charge in [-0.2, -0.15) is 0 Å². The van der Waals surface area contributed by atoms with Crippen LogP contribution in [0.1, 0.15) is 12.8 Å². The maximum absolute atomic E-state index is 10.2. The summed E-state index contributed by atoms with van der Waals surface area (Å²) in [6.45, 7) is 0.891. The van der Waals surface area contributed by atoms with E-state index >= 15 is 0 Å². The van der Waals surface area contributed by atoms with Crippen LogP contribution in [0.2, 0.25) is 5.02 Å². The highest BCUT2D eigenvalue weighted by atomic mass is 35.5. The highest BCUT2D eigenvalue weighted by molar-refractivity contribution is 6.30. The Labute approximate surface area is 143 Å². The third kappa shape index (κ3) is 2.37. The Kier molecular flexibility index (Phi) is 3.74. The molecule has 0 spiro atoms. The monoisotopic (exact) mass is 345 g/mol. The summed E-state index contributed by atoms with van der Waals surface area (Å²) in [5, 5.41) is 28.8. The van der Waals surface area contributed by atoms with E-state index in [4.69, 9.17) is 11.6 Å². The maximum atomic E-state index is 10.2. The molecule has 2 N–H and O–H groups in total. The van der Waals surface area contributed by atoms with Crippen LogP contribution >= 0.6 is 11.6 Å². The molecule has 7 nitrogen and oxygen atoms in total. The number of fused-ring (bicyclic) bond motifs is 1. The van der Waals surface area contributed by atoms with E-state index < -0.39 is 0 Å². The molecule has 4 rings (SSSR count). The van der Waals surface area contributed by atoms with Gasteiger partial charge in [-0.15, -0.1) is 10.2 Å². The summed E-state index contributed by atoms with van der Waals surface area (Å²) in [5.74, 6) is 1.17. The minimum absolute atomic E-state index is 0.0361. The van der Waals surface area contributed by atoms with Crippen molar-refractivity contribution in [1.82, 2.24) is 19.6 Å². The summed E-state index contributed by atoms with van der Waals surface area (Å²) in [4.78, 5) is 6.44. The Morgan fingerprint density at radius 1 is 1.29 bits per heavy atom. The van der Waals surface area contributed by atoms with Crippen molar-refractivity contribution in [1.29, 1.82) is 0 Å². The number of anilines is 1. The van der Waals surface area contributed by atoms with Crippen molar-refractivity contribution in [2.24, 2.45) is 0 Å². The molecule has 0 radical (unpaired) electrons. The summed E-state index contributed by atoms with van der Waals surface area (Å²) in [6, 6.07) is 4.90. The first kappa shape index (κ1) is 15.2. The number of aliphatic hydroxyl groups is 1. The van der Waals surface area contributed by atoms with Crippen molar-refractivity contribution in [3.05, 3.63) is 35.6 Å². The second-order valence-corrected chi connectivity index (χ2v) is 6.24. The largest absolute Gasteiger partial charge is 0.507 e. The molecule has 1 aliphatic heterocycles. The van der Waals surface area contributed by atoms with Crippen LogP contribution in [-0.4, -0.2) is 49.0 Å². The van der Waals surface area contributed by atoms with Crippen molar-refractivity contribution in [3.8, 4) is 17.1 Å². The van der Waals surface area contributed by atoms with Gasteiger partial charge in [0.1, 0.15) is 5.75 Å². The lowest BCUT2D eigenvalue weighted by Gasteiger charge is -2.24. The third-order valence-electron chi connectivity index (χ3n) is 4.37. The van der Waals surface area contributed by atoms with E-state index in [2.05, 4.69) is 15.2 Å². The summed E-state index contributed by atoms with van der Waals surface area (Å²) in [7, 11) is 0. The average molecular weight is 346 g/mol. The number of phenolic OH excluding ortho intramolecular Hbond substituents is 1. The minimum atomic E-state index is 0.0361. The molecule has 1 saturated heterocycles. The van der Waals surface area contributed by atoms with Crippen molar-refractivity contribution in [2.45, 2.75) is 18.9 Å². The van der Waals surface area contributed by atoms with E-state index in [0.717, 1.165) is 19.4 Å². The number of phenols is 1. The van der Waals surface area contributed by atoms with E-state index in [1.165, 1.54) is 6.07 Å². The zero-order valence-corrected chi connectivity index (χ0v) is 13.6. The number of aromatic nitrogens is 4. The first-order valence-electron chi connectivity index (χ1n) is 7.75. The number of benzene rings is 1. The number of hydrogen-bond acceptors (Lipinski definition) is 6. The summed E-state index contributed by atoms with van der Waals surface area (Å²) in [6.07, 6.45) is 5.37. The molecule has 2 aromatic heterocycles. The van der Waals surface area contributed by atoms with Gasteiger partial charge in [-0.05, 0) is 31.0 Å². The van der Waals surface area contributed by atoms with Crippen molar-refractivity contribution in [2.75, 3.05) is 18.1 Å². The second kappa shape index (κ2) is 5.92. The topological polar surface area (TPSA) is 86.8 Å². The molecule has 0 saturated carbocycles. The van der Waals surface area contributed by atoms with Gasteiger partial charge in [-0.1, -0.05) is 11.6 Å². The van der Waals surface area contributed by atoms with Crippen LogP contribution in [0, 0.1) is 0 Å². The number of nitrogens with zero attached hydrogens (tertiary/aromatic N) is 5. The van der Waals surface area contributed by atoms with E-state index in [1.807, 2.05) is 4.90 Å². The number of imidazole rings is 1. The van der Waals surface area contributed by atoms with Crippen molar-refractivity contribution < 1.29 is 10.2 Å². The number of hydrogen-bond donors (Lipinski definition) is 2. The highest BCUT2D eigenvalue weighted by Gasteiger charge is 2.28. The second-order valence-electron chi connectivity index (χ2n) is 5.80. The van der Waals surface area contributed by atoms with Gasteiger partial charge in [0.25, 0.3) is 0 Å². The van der Waals surface area contributed by atoms with E-state index in [0.29, 0.717) is 27.9 Å². The van der Waals surface area contributed by atoms with Crippen LogP contribution in [0.25, 0.3) is 17.0 Å². The van der Waals surface area contributed by atoms with Crippen LogP contribution in [0.4, 0.5) is 5.82 Å². The van der Waals surface area contributed by atoms with Gasteiger partial charge in [0.15, 0.2) is 17.3 Å². The molecule has 0 bridgehead atoms. The summed E-state index contributed by atoms with van der Waals surface area (Å²) < 4.78 is 1.79. The molecule has 1 aromatic carbocycles. The van der Waals surface area contributed by atoms with E-state index in [1.54, 1.807) is 28.9 Å². The van der Waals surface area contributed by atoms with Gasteiger partial charge in [0.05, 0.1) is 18.2 Å². The fourth-order valence-corrected chi connectivity index (χ4v) is 3.36. The molecular weight excluding hydrogens is 330 g/mol.